The van der Waals surface area contributed by atoms with E-state index in [1.165, 1.54) is 12.4 Å². The number of piperazine rings is 1. The van der Waals surface area contributed by atoms with E-state index in [-0.39, 0.29) is 32.1 Å². The Hall–Kier alpha value is -2.22. The third-order valence-electron chi connectivity index (χ3n) is 5.26. The summed E-state index contributed by atoms with van der Waals surface area (Å²) >= 11 is 5.79. The number of hydrogen-bond donors (Lipinski definition) is 2. The van der Waals surface area contributed by atoms with Crippen LogP contribution < -0.4 is 15.8 Å². The molecule has 0 aromatic carbocycles. The van der Waals surface area contributed by atoms with Gasteiger partial charge in [0, 0.05) is 32.7 Å². The molecule has 0 saturated carbocycles. The number of rotatable bonds is 8. The Morgan fingerprint density at radius 3 is 2.58 bits per heavy atom. The predicted molar refractivity (Wildman–Crippen MR) is 111 cm³/mol. The number of amides is 2. The highest BCUT2D eigenvalue weighted by Gasteiger charge is 2.52. The van der Waals surface area contributed by atoms with Crippen molar-refractivity contribution >= 4 is 29.4 Å². The average molecular weight is 495 g/mol. The van der Waals surface area contributed by atoms with Crippen molar-refractivity contribution in [3.63, 3.8) is 0 Å². The SMILES string of the molecule is C[C@H](COCCC(=O)N1CCN(c2ncc(Cl)cn2)CC1)OC1CNNC(=O)C1C(F)(F)F. The molecular formula is C19H26ClF3N6O4. The molecule has 0 radical (unpaired) electrons. The maximum absolute atomic E-state index is 13.1. The number of carbonyl (C=O) groups is 2. The molecule has 2 N–H and O–H groups in total. The first-order valence-corrected chi connectivity index (χ1v) is 10.9. The van der Waals surface area contributed by atoms with E-state index in [2.05, 4.69) is 15.4 Å². The fourth-order valence-electron chi connectivity index (χ4n) is 3.62. The predicted octanol–water partition coefficient (Wildman–Crippen LogP) is 0.772. The largest absolute Gasteiger partial charge is 0.403 e. The van der Waals surface area contributed by atoms with Crippen molar-refractivity contribution in [2.75, 3.05) is 50.8 Å². The van der Waals surface area contributed by atoms with Crippen molar-refractivity contribution in [1.82, 2.24) is 25.7 Å². The normalized spacial score (nSPS) is 22.8. The molecule has 3 heterocycles. The third kappa shape index (κ3) is 7.13. The summed E-state index contributed by atoms with van der Waals surface area (Å²) in [7, 11) is 0. The highest BCUT2D eigenvalue weighted by molar-refractivity contribution is 6.30. The third-order valence-corrected chi connectivity index (χ3v) is 5.46. The van der Waals surface area contributed by atoms with Crippen LogP contribution in [-0.4, -0.2) is 91.0 Å². The van der Waals surface area contributed by atoms with Gasteiger partial charge in [0.05, 0.1) is 49.3 Å². The van der Waals surface area contributed by atoms with Gasteiger partial charge in [-0.15, -0.1) is 0 Å². The monoisotopic (exact) mass is 494 g/mol. The Labute approximate surface area is 193 Å². The van der Waals surface area contributed by atoms with Crippen LogP contribution in [0.5, 0.6) is 0 Å². The standard InChI is InChI=1S/C19H26ClF3N6O4/c1-12(33-14-10-26-27-17(31)16(14)19(21,22)23)11-32-7-2-15(30)28-3-5-29(6-4-28)18-24-8-13(20)9-25-18/h8-9,12,14,16,26H,2-7,10-11H2,1H3,(H,27,31)/t12-,14?,16?/m1/s1. The molecule has 33 heavy (non-hydrogen) atoms. The lowest BCUT2D eigenvalue weighted by Crippen LogP contribution is -2.60. The van der Waals surface area contributed by atoms with Gasteiger partial charge in [0.15, 0.2) is 5.92 Å². The number of halogens is 4. The Morgan fingerprint density at radius 2 is 1.94 bits per heavy atom. The van der Waals surface area contributed by atoms with Crippen LogP contribution in [0.15, 0.2) is 12.4 Å². The van der Waals surface area contributed by atoms with E-state index < -0.39 is 30.2 Å². The molecule has 1 aromatic rings. The molecule has 10 nitrogen and oxygen atoms in total. The van der Waals surface area contributed by atoms with E-state index in [4.69, 9.17) is 21.1 Å². The van der Waals surface area contributed by atoms with Crippen LogP contribution in [0, 0.1) is 5.92 Å². The van der Waals surface area contributed by atoms with Crippen molar-refractivity contribution in [3.8, 4) is 0 Å². The van der Waals surface area contributed by atoms with Gasteiger partial charge < -0.3 is 19.3 Å². The van der Waals surface area contributed by atoms with Crippen molar-refractivity contribution in [3.05, 3.63) is 17.4 Å². The van der Waals surface area contributed by atoms with Gasteiger partial charge in [-0.25, -0.2) is 15.4 Å². The van der Waals surface area contributed by atoms with Gasteiger partial charge in [0.25, 0.3) is 0 Å². The minimum atomic E-state index is -4.71. The van der Waals surface area contributed by atoms with Crippen LogP contribution in [0.1, 0.15) is 13.3 Å². The lowest BCUT2D eigenvalue weighted by Gasteiger charge is -2.35. The van der Waals surface area contributed by atoms with Gasteiger partial charge in [-0.1, -0.05) is 11.6 Å². The van der Waals surface area contributed by atoms with Crippen LogP contribution in [0.25, 0.3) is 0 Å². The zero-order valence-corrected chi connectivity index (χ0v) is 18.7. The smallest absolute Gasteiger partial charge is 0.378 e. The van der Waals surface area contributed by atoms with Gasteiger partial charge in [-0.3, -0.25) is 15.0 Å². The molecule has 2 amide bonds. The van der Waals surface area contributed by atoms with Crippen molar-refractivity contribution in [1.29, 1.82) is 0 Å². The van der Waals surface area contributed by atoms with Gasteiger partial charge in [0.1, 0.15) is 0 Å². The second kappa shape index (κ2) is 11.3. The summed E-state index contributed by atoms with van der Waals surface area (Å²) in [5, 5.41) is 0.452. The molecule has 3 rings (SSSR count). The highest BCUT2D eigenvalue weighted by atomic mass is 35.5. The van der Waals surface area contributed by atoms with Crippen molar-refractivity contribution in [2.24, 2.45) is 5.92 Å². The van der Waals surface area contributed by atoms with Crippen LogP contribution >= 0.6 is 11.6 Å². The van der Waals surface area contributed by atoms with Gasteiger partial charge >= 0.3 is 6.18 Å². The van der Waals surface area contributed by atoms with Gasteiger partial charge in [-0.05, 0) is 6.92 Å². The van der Waals surface area contributed by atoms with Crippen molar-refractivity contribution < 1.29 is 32.2 Å². The number of carbonyl (C=O) groups excluding carboxylic acids is 2. The number of nitrogens with zero attached hydrogens (tertiary/aromatic N) is 4. The number of hydrogen-bond acceptors (Lipinski definition) is 8. The molecule has 2 saturated heterocycles. The zero-order valence-electron chi connectivity index (χ0n) is 18.0. The number of hydrazine groups is 1. The molecule has 1 aromatic heterocycles. The maximum atomic E-state index is 13.1. The van der Waals surface area contributed by atoms with E-state index >= 15 is 0 Å². The summed E-state index contributed by atoms with van der Waals surface area (Å²) in [6.45, 7) is 3.69. The second-order valence-electron chi connectivity index (χ2n) is 7.77. The number of anilines is 1. The summed E-state index contributed by atoms with van der Waals surface area (Å²) in [4.78, 5) is 36.0. The summed E-state index contributed by atoms with van der Waals surface area (Å²) in [5.74, 6) is -2.95. The Bertz CT molecular complexity index is 808. The topological polar surface area (TPSA) is 109 Å². The number of ether oxygens (including phenoxy) is 2. The Kier molecular flexibility index (Phi) is 8.68. The molecule has 14 heteroatoms. The van der Waals surface area contributed by atoms with E-state index in [0.29, 0.717) is 37.1 Å². The first kappa shape index (κ1) is 25.4. The lowest BCUT2D eigenvalue weighted by atomic mass is 9.99. The lowest BCUT2D eigenvalue weighted by molar-refractivity contribution is -0.219. The zero-order chi connectivity index (χ0) is 24.0. The molecule has 2 unspecified atom stereocenters. The van der Waals surface area contributed by atoms with E-state index in [1.54, 1.807) is 11.8 Å². The van der Waals surface area contributed by atoms with Crippen LogP contribution in [-0.2, 0) is 19.1 Å². The van der Waals surface area contributed by atoms with E-state index in [1.807, 2.05) is 10.3 Å². The quantitative estimate of drug-likeness (QED) is 0.510. The van der Waals surface area contributed by atoms with Crippen molar-refractivity contribution in [2.45, 2.75) is 31.7 Å². The molecule has 0 bridgehead atoms. The van der Waals surface area contributed by atoms with Gasteiger partial charge in [0.2, 0.25) is 17.8 Å². The van der Waals surface area contributed by atoms with Crippen LogP contribution in [0.2, 0.25) is 5.02 Å². The second-order valence-corrected chi connectivity index (χ2v) is 8.21. The minimum absolute atomic E-state index is 0.00232. The molecule has 2 aliphatic rings. The molecule has 0 spiro atoms. The molecule has 184 valence electrons. The summed E-state index contributed by atoms with van der Waals surface area (Å²) in [6, 6.07) is 0. The summed E-state index contributed by atoms with van der Waals surface area (Å²) < 4.78 is 50.3. The number of nitrogens with one attached hydrogen (secondary N) is 2. The number of aromatic nitrogens is 2. The maximum Gasteiger partial charge on any atom is 0.403 e. The molecule has 2 aliphatic heterocycles. The highest BCUT2D eigenvalue weighted by Crippen LogP contribution is 2.32. The van der Waals surface area contributed by atoms with Crippen LogP contribution in [0.3, 0.4) is 0 Å². The number of alkyl halides is 3. The average Bonchev–Trinajstić information content (AvgIpc) is 2.76. The summed E-state index contributed by atoms with van der Waals surface area (Å²) in [5.41, 5.74) is 4.37. The first-order chi connectivity index (χ1) is 15.6. The summed E-state index contributed by atoms with van der Waals surface area (Å²) in [6.07, 6.45) is -3.58. The fourth-order valence-corrected chi connectivity index (χ4v) is 3.72. The molecular weight excluding hydrogens is 469 g/mol. The minimum Gasteiger partial charge on any atom is -0.378 e. The Balaban J connectivity index is 1.34. The van der Waals surface area contributed by atoms with E-state index in [9.17, 15) is 22.8 Å². The molecule has 2 fully saturated rings. The molecule has 0 aliphatic carbocycles. The molecule has 3 atom stereocenters. The van der Waals surface area contributed by atoms with Gasteiger partial charge in [-0.2, -0.15) is 13.2 Å². The van der Waals surface area contributed by atoms with E-state index in [0.717, 1.165) is 0 Å². The Morgan fingerprint density at radius 1 is 1.27 bits per heavy atom. The van der Waals surface area contributed by atoms with Crippen LogP contribution in [0.4, 0.5) is 19.1 Å². The first-order valence-electron chi connectivity index (χ1n) is 10.5. The fraction of sp³-hybridized carbons (Fsp3) is 0.684.